The van der Waals surface area contributed by atoms with Crippen LogP contribution in [0.1, 0.15) is 22.8 Å². The molecular formula is C19H22ClN3O3. The zero-order valence-electron chi connectivity index (χ0n) is 14.7. The van der Waals surface area contributed by atoms with Gasteiger partial charge in [0.2, 0.25) is 0 Å². The van der Waals surface area contributed by atoms with Crippen LogP contribution >= 0.6 is 11.6 Å². The summed E-state index contributed by atoms with van der Waals surface area (Å²) in [5.41, 5.74) is 1.50. The van der Waals surface area contributed by atoms with E-state index in [0.29, 0.717) is 55.9 Å². The molecule has 3 rings (SSSR count). The highest BCUT2D eigenvalue weighted by Gasteiger charge is 2.19. The number of pyridine rings is 1. The minimum Gasteiger partial charge on any atom is -0.494 e. The number of morpholine rings is 1. The normalized spacial score (nSPS) is 14.2. The Morgan fingerprint density at radius 2 is 2.12 bits per heavy atom. The van der Waals surface area contributed by atoms with Crippen LogP contribution in [-0.2, 0) is 11.3 Å². The Kier molecular flexibility index (Phi) is 6.30. The number of halogens is 1. The van der Waals surface area contributed by atoms with E-state index in [-0.39, 0.29) is 5.91 Å². The summed E-state index contributed by atoms with van der Waals surface area (Å²) in [5.74, 6) is 1.30. The van der Waals surface area contributed by atoms with Gasteiger partial charge in [-0.05, 0) is 19.1 Å². The molecule has 6 nitrogen and oxygen atoms in total. The van der Waals surface area contributed by atoms with Gasteiger partial charge in [-0.1, -0.05) is 29.8 Å². The van der Waals surface area contributed by atoms with Crippen LogP contribution < -0.4 is 10.1 Å². The average molecular weight is 376 g/mol. The van der Waals surface area contributed by atoms with Crippen LogP contribution in [0.15, 0.2) is 36.5 Å². The first-order chi connectivity index (χ1) is 12.7. The largest absolute Gasteiger partial charge is 0.494 e. The molecule has 1 aromatic heterocycles. The third kappa shape index (κ3) is 4.45. The molecule has 2 aromatic rings. The maximum Gasteiger partial charge on any atom is 0.255 e. The van der Waals surface area contributed by atoms with Gasteiger partial charge in [0.15, 0.2) is 0 Å². The number of carbonyl (C=O) groups is 1. The molecule has 1 aromatic carbocycles. The molecule has 0 unspecified atom stereocenters. The first kappa shape index (κ1) is 18.5. The average Bonchev–Trinajstić information content (AvgIpc) is 2.68. The molecule has 0 saturated carbocycles. The lowest BCUT2D eigenvalue weighted by Gasteiger charge is -2.26. The van der Waals surface area contributed by atoms with E-state index < -0.39 is 0 Å². The van der Waals surface area contributed by atoms with Gasteiger partial charge in [-0.15, -0.1) is 0 Å². The topological polar surface area (TPSA) is 63.7 Å². The Morgan fingerprint density at radius 1 is 1.35 bits per heavy atom. The van der Waals surface area contributed by atoms with E-state index in [1.165, 1.54) is 0 Å². The number of aromatic nitrogens is 1. The Bertz CT molecular complexity index is 763. The van der Waals surface area contributed by atoms with Gasteiger partial charge in [0.25, 0.3) is 5.91 Å². The van der Waals surface area contributed by atoms with Crippen molar-refractivity contribution in [3.8, 4) is 5.75 Å². The maximum absolute atomic E-state index is 12.5. The molecule has 1 saturated heterocycles. The van der Waals surface area contributed by atoms with E-state index in [1.807, 2.05) is 31.2 Å². The molecule has 0 spiro atoms. The van der Waals surface area contributed by atoms with Crippen LogP contribution in [0.4, 0.5) is 5.82 Å². The van der Waals surface area contributed by atoms with Crippen molar-refractivity contribution in [3.05, 3.63) is 52.7 Å². The quantitative estimate of drug-likeness (QED) is 0.839. The number of nitrogens with one attached hydrogen (secondary N) is 1. The van der Waals surface area contributed by atoms with Crippen molar-refractivity contribution in [2.45, 2.75) is 13.5 Å². The molecule has 2 heterocycles. The fourth-order valence-corrected chi connectivity index (χ4v) is 2.99. The smallest absolute Gasteiger partial charge is 0.255 e. The molecule has 1 aliphatic heterocycles. The monoisotopic (exact) mass is 375 g/mol. The second-order valence-electron chi connectivity index (χ2n) is 5.85. The van der Waals surface area contributed by atoms with Crippen molar-refractivity contribution in [1.82, 2.24) is 9.88 Å². The van der Waals surface area contributed by atoms with Gasteiger partial charge in [-0.2, -0.15) is 0 Å². The SMILES string of the molecule is CCOc1ccccc1CNc1ncc(C(=O)N2CCOCC2)cc1Cl. The van der Waals surface area contributed by atoms with Crippen molar-refractivity contribution in [2.75, 3.05) is 38.2 Å². The molecule has 0 radical (unpaired) electrons. The van der Waals surface area contributed by atoms with Crippen molar-refractivity contribution in [2.24, 2.45) is 0 Å². The third-order valence-electron chi connectivity index (χ3n) is 4.11. The van der Waals surface area contributed by atoms with E-state index in [9.17, 15) is 4.79 Å². The van der Waals surface area contributed by atoms with Gasteiger partial charge in [-0.3, -0.25) is 4.79 Å². The summed E-state index contributed by atoms with van der Waals surface area (Å²) in [7, 11) is 0. The summed E-state index contributed by atoms with van der Waals surface area (Å²) in [6, 6.07) is 9.47. The summed E-state index contributed by atoms with van der Waals surface area (Å²) in [6.45, 7) is 5.38. The summed E-state index contributed by atoms with van der Waals surface area (Å²) in [4.78, 5) is 18.6. The molecule has 1 amide bonds. The second-order valence-corrected chi connectivity index (χ2v) is 6.26. The molecule has 0 bridgehead atoms. The first-order valence-corrected chi connectivity index (χ1v) is 9.04. The number of hydrogen-bond donors (Lipinski definition) is 1. The number of rotatable bonds is 6. The second kappa shape index (κ2) is 8.87. The van der Waals surface area contributed by atoms with Crippen LogP contribution in [0.3, 0.4) is 0 Å². The van der Waals surface area contributed by atoms with Crippen LogP contribution in [0, 0.1) is 0 Å². The number of anilines is 1. The highest BCUT2D eigenvalue weighted by Crippen LogP contribution is 2.24. The number of benzene rings is 1. The van der Waals surface area contributed by atoms with Gasteiger partial charge in [0, 0.05) is 31.4 Å². The number of ether oxygens (including phenoxy) is 2. The Hall–Kier alpha value is -2.31. The predicted molar refractivity (Wildman–Crippen MR) is 101 cm³/mol. The van der Waals surface area contributed by atoms with Gasteiger partial charge < -0.3 is 19.7 Å². The van der Waals surface area contributed by atoms with Gasteiger partial charge in [0.05, 0.1) is 30.4 Å². The van der Waals surface area contributed by atoms with Crippen molar-refractivity contribution < 1.29 is 14.3 Å². The van der Waals surface area contributed by atoms with Crippen molar-refractivity contribution >= 4 is 23.3 Å². The van der Waals surface area contributed by atoms with E-state index >= 15 is 0 Å². The summed E-state index contributed by atoms with van der Waals surface area (Å²) >= 11 is 6.33. The number of amides is 1. The Morgan fingerprint density at radius 3 is 2.85 bits per heavy atom. The fraction of sp³-hybridized carbons (Fsp3) is 0.368. The Labute approximate surface area is 158 Å². The summed E-state index contributed by atoms with van der Waals surface area (Å²) < 4.78 is 10.9. The van der Waals surface area contributed by atoms with Crippen molar-refractivity contribution in [1.29, 1.82) is 0 Å². The van der Waals surface area contributed by atoms with E-state index in [2.05, 4.69) is 10.3 Å². The third-order valence-corrected chi connectivity index (χ3v) is 4.39. The van der Waals surface area contributed by atoms with Gasteiger partial charge in [-0.25, -0.2) is 4.98 Å². The van der Waals surface area contributed by atoms with E-state index in [1.54, 1.807) is 17.2 Å². The molecule has 1 fully saturated rings. The highest BCUT2D eigenvalue weighted by molar-refractivity contribution is 6.33. The van der Waals surface area contributed by atoms with E-state index in [0.717, 1.165) is 11.3 Å². The number of hydrogen-bond acceptors (Lipinski definition) is 5. The van der Waals surface area contributed by atoms with Crippen LogP contribution in [0.2, 0.25) is 5.02 Å². The molecule has 1 N–H and O–H groups in total. The molecule has 1 aliphatic rings. The molecule has 7 heteroatoms. The Balaban J connectivity index is 1.67. The standard InChI is InChI=1S/C19H22ClN3O3/c1-2-26-17-6-4-3-5-14(17)12-21-18-16(20)11-15(13-22-18)19(24)23-7-9-25-10-8-23/h3-6,11,13H,2,7-10,12H2,1H3,(H,21,22). The number of nitrogens with zero attached hydrogens (tertiary/aromatic N) is 2. The minimum absolute atomic E-state index is 0.0732. The lowest BCUT2D eigenvalue weighted by molar-refractivity contribution is 0.0302. The zero-order valence-corrected chi connectivity index (χ0v) is 15.5. The summed E-state index contributed by atoms with van der Waals surface area (Å²) in [5, 5.41) is 3.62. The first-order valence-electron chi connectivity index (χ1n) is 8.66. The maximum atomic E-state index is 12.5. The minimum atomic E-state index is -0.0732. The fourth-order valence-electron chi connectivity index (χ4n) is 2.76. The van der Waals surface area contributed by atoms with Crippen LogP contribution in [0.5, 0.6) is 5.75 Å². The lowest BCUT2D eigenvalue weighted by atomic mass is 10.2. The number of para-hydroxylation sites is 1. The molecule has 26 heavy (non-hydrogen) atoms. The molecule has 0 aliphatic carbocycles. The lowest BCUT2D eigenvalue weighted by Crippen LogP contribution is -2.40. The van der Waals surface area contributed by atoms with Crippen molar-refractivity contribution in [3.63, 3.8) is 0 Å². The molecular weight excluding hydrogens is 354 g/mol. The molecule has 138 valence electrons. The van der Waals surface area contributed by atoms with Crippen LogP contribution in [-0.4, -0.2) is 48.7 Å². The number of carbonyl (C=O) groups excluding carboxylic acids is 1. The highest BCUT2D eigenvalue weighted by atomic mass is 35.5. The van der Waals surface area contributed by atoms with Crippen LogP contribution in [0.25, 0.3) is 0 Å². The van der Waals surface area contributed by atoms with E-state index in [4.69, 9.17) is 21.1 Å². The zero-order chi connectivity index (χ0) is 18.4. The van der Waals surface area contributed by atoms with Gasteiger partial charge >= 0.3 is 0 Å². The van der Waals surface area contributed by atoms with Gasteiger partial charge in [0.1, 0.15) is 11.6 Å². The summed E-state index contributed by atoms with van der Waals surface area (Å²) in [6.07, 6.45) is 1.56. The molecule has 0 atom stereocenters. The predicted octanol–water partition coefficient (Wildman–Crippen LogP) is 3.22.